The molecule has 2 aromatic carbocycles. The van der Waals surface area contributed by atoms with E-state index < -0.39 is 22.1 Å². The van der Waals surface area contributed by atoms with Crippen molar-refractivity contribution in [1.29, 1.82) is 0 Å². The third-order valence-electron chi connectivity index (χ3n) is 2.64. The van der Waals surface area contributed by atoms with E-state index in [1.165, 1.54) is 24.3 Å². The Morgan fingerprint density at radius 1 is 1.05 bits per heavy atom. The third kappa shape index (κ3) is 4.39. The fourth-order valence-corrected chi connectivity index (χ4v) is 2.88. The molecule has 1 N–H and O–H groups in total. The van der Waals surface area contributed by atoms with Crippen LogP contribution in [-0.4, -0.2) is 14.8 Å². The van der Waals surface area contributed by atoms with Crippen LogP contribution >= 0.6 is 0 Å². The van der Waals surface area contributed by atoms with Crippen LogP contribution in [0.4, 0.5) is 18.9 Å². The Kier molecular flexibility index (Phi) is 4.32. The molecule has 2 rings (SSSR count). The summed E-state index contributed by atoms with van der Waals surface area (Å²) in [7, 11) is -3.80. The minimum Gasteiger partial charge on any atom is -0.406 e. The van der Waals surface area contributed by atoms with Gasteiger partial charge in [0.1, 0.15) is 5.75 Å². The van der Waals surface area contributed by atoms with Gasteiger partial charge in [0.25, 0.3) is 10.0 Å². The highest BCUT2D eigenvalue weighted by Gasteiger charge is 2.31. The molecule has 0 atom stereocenters. The van der Waals surface area contributed by atoms with Crippen LogP contribution in [0.15, 0.2) is 53.4 Å². The van der Waals surface area contributed by atoms with Crippen molar-refractivity contribution in [2.45, 2.75) is 18.2 Å². The molecule has 0 fully saturated rings. The van der Waals surface area contributed by atoms with Crippen LogP contribution in [-0.2, 0) is 10.0 Å². The number of anilines is 1. The molecule has 0 spiro atoms. The van der Waals surface area contributed by atoms with Crippen LogP contribution in [0.5, 0.6) is 5.75 Å². The average Bonchev–Trinajstić information content (AvgIpc) is 2.39. The number of nitrogens with one attached hydrogen (secondary N) is 1. The van der Waals surface area contributed by atoms with E-state index in [4.69, 9.17) is 0 Å². The van der Waals surface area contributed by atoms with E-state index in [9.17, 15) is 21.6 Å². The lowest BCUT2D eigenvalue weighted by atomic mass is 10.2. The van der Waals surface area contributed by atoms with Gasteiger partial charge in [0, 0.05) is 5.69 Å². The van der Waals surface area contributed by atoms with E-state index in [2.05, 4.69) is 9.46 Å². The molecule has 2 aromatic rings. The molecule has 0 saturated carbocycles. The lowest BCUT2D eigenvalue weighted by Gasteiger charge is -2.11. The Labute approximate surface area is 125 Å². The van der Waals surface area contributed by atoms with Crippen LogP contribution in [0, 0.1) is 6.92 Å². The second-order valence-corrected chi connectivity index (χ2v) is 6.18. The molecule has 0 radical (unpaired) electrons. The van der Waals surface area contributed by atoms with Crippen molar-refractivity contribution >= 4 is 15.7 Å². The number of sulfonamides is 1. The van der Waals surface area contributed by atoms with Crippen LogP contribution in [0.1, 0.15) is 5.56 Å². The van der Waals surface area contributed by atoms with E-state index in [1.807, 2.05) is 0 Å². The number of hydrogen-bond acceptors (Lipinski definition) is 3. The fraction of sp³-hybridized carbons (Fsp3) is 0.143. The molecule has 0 amide bonds. The minimum absolute atomic E-state index is 0.0723. The largest absolute Gasteiger partial charge is 0.573 e. The molecule has 0 heterocycles. The highest BCUT2D eigenvalue weighted by Crippen LogP contribution is 2.25. The number of alkyl halides is 3. The molecule has 0 aliphatic carbocycles. The molecule has 22 heavy (non-hydrogen) atoms. The highest BCUT2D eigenvalue weighted by molar-refractivity contribution is 7.92. The van der Waals surface area contributed by atoms with Gasteiger partial charge in [0.15, 0.2) is 0 Å². The Balaban J connectivity index is 2.17. The van der Waals surface area contributed by atoms with Crippen LogP contribution in [0.2, 0.25) is 0 Å². The smallest absolute Gasteiger partial charge is 0.406 e. The summed E-state index contributed by atoms with van der Waals surface area (Å²) in [5.41, 5.74) is 0.910. The Bertz CT molecular complexity index is 756. The van der Waals surface area contributed by atoms with Crippen molar-refractivity contribution in [2.24, 2.45) is 0 Å². The molecule has 0 aliphatic rings. The van der Waals surface area contributed by atoms with Crippen molar-refractivity contribution in [3.63, 3.8) is 0 Å². The number of rotatable bonds is 4. The molecular formula is C14H12F3NO3S. The predicted octanol–water partition coefficient (Wildman–Crippen LogP) is 3.69. The second kappa shape index (κ2) is 5.88. The Hall–Kier alpha value is -2.22. The van der Waals surface area contributed by atoms with Crippen LogP contribution < -0.4 is 9.46 Å². The number of aryl methyl sites for hydroxylation is 1. The maximum absolute atomic E-state index is 12.1. The summed E-state index contributed by atoms with van der Waals surface area (Å²) < 4.78 is 66.4. The van der Waals surface area contributed by atoms with E-state index >= 15 is 0 Å². The van der Waals surface area contributed by atoms with E-state index in [0.717, 1.165) is 17.7 Å². The summed E-state index contributed by atoms with van der Waals surface area (Å²) in [4.78, 5) is 0.0723. The normalized spacial score (nSPS) is 12.0. The molecule has 0 unspecified atom stereocenters. The van der Waals surface area contributed by atoms with Gasteiger partial charge in [-0.15, -0.1) is 13.2 Å². The van der Waals surface area contributed by atoms with E-state index in [0.29, 0.717) is 0 Å². The molecule has 0 saturated heterocycles. The average molecular weight is 331 g/mol. The van der Waals surface area contributed by atoms with Crippen molar-refractivity contribution < 1.29 is 26.3 Å². The monoisotopic (exact) mass is 331 g/mol. The molecular weight excluding hydrogens is 319 g/mol. The predicted molar refractivity (Wildman–Crippen MR) is 75.1 cm³/mol. The molecule has 0 bridgehead atoms. The summed E-state index contributed by atoms with van der Waals surface area (Å²) >= 11 is 0. The van der Waals surface area contributed by atoms with Crippen molar-refractivity contribution in [1.82, 2.24) is 0 Å². The van der Waals surface area contributed by atoms with E-state index in [1.54, 1.807) is 19.1 Å². The summed E-state index contributed by atoms with van der Waals surface area (Å²) in [5, 5.41) is 0. The van der Waals surface area contributed by atoms with Gasteiger partial charge in [-0.2, -0.15) is 0 Å². The first kappa shape index (κ1) is 16.2. The summed E-state index contributed by atoms with van der Waals surface area (Å²) in [6.45, 7) is 1.75. The van der Waals surface area contributed by atoms with E-state index in [-0.39, 0.29) is 10.6 Å². The molecule has 118 valence electrons. The Morgan fingerprint density at radius 3 is 2.23 bits per heavy atom. The van der Waals surface area contributed by atoms with Gasteiger partial charge in [0.05, 0.1) is 4.90 Å². The van der Waals surface area contributed by atoms with Crippen LogP contribution in [0.3, 0.4) is 0 Å². The zero-order valence-corrected chi connectivity index (χ0v) is 12.2. The maximum Gasteiger partial charge on any atom is 0.573 e. The maximum atomic E-state index is 12.1. The SMILES string of the molecule is Cc1cccc(S(=O)(=O)Nc2ccc(OC(F)(F)F)cc2)c1. The second-order valence-electron chi connectivity index (χ2n) is 4.49. The van der Waals surface area contributed by atoms with Gasteiger partial charge >= 0.3 is 6.36 Å². The first-order valence-corrected chi connectivity index (χ1v) is 7.59. The van der Waals surface area contributed by atoms with Gasteiger partial charge in [-0.1, -0.05) is 12.1 Å². The van der Waals surface area contributed by atoms with Crippen LogP contribution in [0.25, 0.3) is 0 Å². The standard InChI is InChI=1S/C14H12F3NO3S/c1-10-3-2-4-13(9-10)22(19,20)18-11-5-7-12(8-6-11)21-14(15,16)17/h2-9,18H,1H3. The van der Waals surface area contributed by atoms with Crippen molar-refractivity contribution in [3.8, 4) is 5.75 Å². The van der Waals surface area contributed by atoms with Gasteiger partial charge < -0.3 is 4.74 Å². The zero-order valence-electron chi connectivity index (χ0n) is 11.4. The topological polar surface area (TPSA) is 55.4 Å². The molecule has 4 nitrogen and oxygen atoms in total. The zero-order chi connectivity index (χ0) is 16.4. The van der Waals surface area contributed by atoms with Gasteiger partial charge in [-0.05, 0) is 48.9 Å². The van der Waals surface area contributed by atoms with Gasteiger partial charge in [-0.25, -0.2) is 8.42 Å². The first-order valence-electron chi connectivity index (χ1n) is 6.11. The minimum atomic E-state index is -4.79. The lowest BCUT2D eigenvalue weighted by molar-refractivity contribution is -0.274. The first-order chi connectivity index (χ1) is 10.2. The summed E-state index contributed by atoms with van der Waals surface area (Å²) in [6, 6.07) is 10.7. The number of hydrogen-bond donors (Lipinski definition) is 1. The third-order valence-corrected chi connectivity index (χ3v) is 4.02. The molecule has 0 aliphatic heterocycles. The number of ether oxygens (including phenoxy) is 1. The number of halogens is 3. The number of benzene rings is 2. The van der Waals surface area contributed by atoms with Gasteiger partial charge in [0.2, 0.25) is 0 Å². The lowest BCUT2D eigenvalue weighted by Crippen LogP contribution is -2.17. The highest BCUT2D eigenvalue weighted by atomic mass is 32.2. The fourth-order valence-electron chi connectivity index (χ4n) is 1.72. The summed E-state index contributed by atoms with van der Waals surface area (Å²) in [6.07, 6.45) is -4.79. The van der Waals surface area contributed by atoms with Crippen molar-refractivity contribution in [3.05, 3.63) is 54.1 Å². The Morgan fingerprint density at radius 2 is 1.68 bits per heavy atom. The van der Waals surface area contributed by atoms with Crippen molar-refractivity contribution in [2.75, 3.05) is 4.72 Å². The quantitative estimate of drug-likeness (QED) is 0.929. The molecule has 0 aromatic heterocycles. The molecule has 8 heteroatoms. The summed E-state index contributed by atoms with van der Waals surface area (Å²) in [5.74, 6) is -0.425. The van der Waals surface area contributed by atoms with Gasteiger partial charge in [-0.3, -0.25) is 4.72 Å².